The lowest BCUT2D eigenvalue weighted by atomic mass is 10.0. The first-order valence-electron chi connectivity index (χ1n) is 3.09. The van der Waals surface area contributed by atoms with Crippen LogP contribution in [0.25, 0.3) is 0 Å². The van der Waals surface area contributed by atoms with Crippen LogP contribution in [0.2, 0.25) is 0 Å². The summed E-state index contributed by atoms with van der Waals surface area (Å²) >= 11 is 0. The van der Waals surface area contributed by atoms with Gasteiger partial charge in [0.05, 0.1) is 6.04 Å². The van der Waals surface area contributed by atoms with E-state index in [0.29, 0.717) is 0 Å². The Balaban J connectivity index is 3.73. The molecular formula is C6H14N2O. The van der Waals surface area contributed by atoms with Gasteiger partial charge in [-0.15, -0.1) is 0 Å². The van der Waals surface area contributed by atoms with E-state index in [0.717, 1.165) is 0 Å². The molecule has 0 aromatic rings. The highest BCUT2D eigenvalue weighted by Gasteiger charge is 2.14. The van der Waals surface area contributed by atoms with Gasteiger partial charge in [0.2, 0.25) is 0 Å². The van der Waals surface area contributed by atoms with Crippen molar-refractivity contribution < 1.29 is 4.79 Å². The van der Waals surface area contributed by atoms with Crippen LogP contribution < -0.4 is 11.5 Å². The minimum atomic E-state index is -0.468. The standard InChI is InChI=1S/C6H14N2O/c1-4(2)6(9)5(8)3-7/h4-5H,3,7-8H2,1-2H3/t5-/m1/s1. The predicted octanol–water partition coefficient (Wildman–Crippen LogP) is -0.502. The van der Waals surface area contributed by atoms with E-state index < -0.39 is 6.04 Å². The molecule has 0 aromatic heterocycles. The quantitative estimate of drug-likeness (QED) is 0.541. The van der Waals surface area contributed by atoms with Crippen LogP contribution in [0, 0.1) is 5.92 Å². The molecule has 0 spiro atoms. The van der Waals surface area contributed by atoms with E-state index >= 15 is 0 Å². The fraction of sp³-hybridized carbons (Fsp3) is 0.833. The average Bonchev–Trinajstić information content (AvgIpc) is 1.84. The first-order valence-corrected chi connectivity index (χ1v) is 3.09. The Morgan fingerprint density at radius 1 is 1.56 bits per heavy atom. The summed E-state index contributed by atoms with van der Waals surface area (Å²) in [4.78, 5) is 10.9. The molecule has 0 bridgehead atoms. The Bertz CT molecular complexity index is 101. The maximum Gasteiger partial charge on any atom is 0.153 e. The molecule has 0 unspecified atom stereocenters. The van der Waals surface area contributed by atoms with E-state index in [1.807, 2.05) is 13.8 Å². The molecule has 3 nitrogen and oxygen atoms in total. The van der Waals surface area contributed by atoms with Crippen LogP contribution in [0.5, 0.6) is 0 Å². The molecule has 3 heteroatoms. The number of hydrogen-bond acceptors (Lipinski definition) is 3. The van der Waals surface area contributed by atoms with Crippen molar-refractivity contribution >= 4 is 5.78 Å². The summed E-state index contributed by atoms with van der Waals surface area (Å²) in [7, 11) is 0. The van der Waals surface area contributed by atoms with Gasteiger partial charge in [0, 0.05) is 12.5 Å². The highest BCUT2D eigenvalue weighted by atomic mass is 16.1. The first kappa shape index (κ1) is 8.59. The van der Waals surface area contributed by atoms with Gasteiger partial charge >= 0.3 is 0 Å². The summed E-state index contributed by atoms with van der Waals surface area (Å²) in [5, 5.41) is 0. The molecule has 0 saturated heterocycles. The zero-order valence-corrected chi connectivity index (χ0v) is 5.92. The van der Waals surface area contributed by atoms with Gasteiger partial charge in [0.1, 0.15) is 0 Å². The predicted molar refractivity (Wildman–Crippen MR) is 36.9 cm³/mol. The van der Waals surface area contributed by atoms with Crippen LogP contribution in [0.1, 0.15) is 13.8 Å². The van der Waals surface area contributed by atoms with Gasteiger partial charge in [-0.05, 0) is 0 Å². The van der Waals surface area contributed by atoms with E-state index in [2.05, 4.69) is 0 Å². The summed E-state index contributed by atoms with van der Waals surface area (Å²) < 4.78 is 0. The Labute approximate surface area is 55.4 Å². The molecule has 4 N–H and O–H groups in total. The molecule has 1 atom stereocenters. The number of carbonyl (C=O) groups is 1. The second kappa shape index (κ2) is 3.58. The molecule has 9 heavy (non-hydrogen) atoms. The molecule has 0 saturated carbocycles. The van der Waals surface area contributed by atoms with Crippen LogP contribution >= 0.6 is 0 Å². The smallest absolute Gasteiger partial charge is 0.153 e. The van der Waals surface area contributed by atoms with Crippen molar-refractivity contribution in [1.82, 2.24) is 0 Å². The van der Waals surface area contributed by atoms with Crippen LogP contribution in [-0.4, -0.2) is 18.4 Å². The second-order valence-electron chi connectivity index (χ2n) is 2.40. The monoisotopic (exact) mass is 130 g/mol. The molecule has 0 aliphatic carbocycles. The van der Waals surface area contributed by atoms with Crippen molar-refractivity contribution in [2.24, 2.45) is 17.4 Å². The molecule has 0 fully saturated rings. The summed E-state index contributed by atoms with van der Waals surface area (Å²) in [5.74, 6) is 0.0426. The first-order chi connectivity index (χ1) is 4.09. The van der Waals surface area contributed by atoms with Crippen molar-refractivity contribution in [3.8, 4) is 0 Å². The Morgan fingerprint density at radius 2 is 2.00 bits per heavy atom. The molecule has 0 aliphatic rings. The molecule has 0 amide bonds. The lowest BCUT2D eigenvalue weighted by Crippen LogP contribution is -2.40. The third-order valence-electron chi connectivity index (χ3n) is 1.19. The van der Waals surface area contributed by atoms with Crippen molar-refractivity contribution in [3.63, 3.8) is 0 Å². The molecule has 54 valence electrons. The van der Waals surface area contributed by atoms with E-state index in [1.54, 1.807) is 0 Å². The van der Waals surface area contributed by atoms with Crippen LogP contribution in [0.15, 0.2) is 0 Å². The highest BCUT2D eigenvalue weighted by Crippen LogP contribution is 1.95. The molecule has 0 rings (SSSR count). The van der Waals surface area contributed by atoms with E-state index in [1.165, 1.54) is 0 Å². The van der Waals surface area contributed by atoms with Gasteiger partial charge in [-0.25, -0.2) is 0 Å². The topological polar surface area (TPSA) is 69.1 Å². The fourth-order valence-corrected chi connectivity index (χ4v) is 0.544. The third kappa shape index (κ3) is 2.58. The normalized spacial score (nSPS) is 13.9. The number of rotatable bonds is 3. The van der Waals surface area contributed by atoms with Gasteiger partial charge in [-0.1, -0.05) is 13.8 Å². The summed E-state index contributed by atoms with van der Waals surface area (Å²) in [6.45, 7) is 3.88. The number of ketones is 1. The molecule has 0 radical (unpaired) electrons. The lowest BCUT2D eigenvalue weighted by molar-refractivity contribution is -0.122. The minimum absolute atomic E-state index is 0.00329. The van der Waals surface area contributed by atoms with Gasteiger partial charge in [0.15, 0.2) is 5.78 Å². The number of nitrogens with two attached hydrogens (primary N) is 2. The largest absolute Gasteiger partial charge is 0.328 e. The van der Waals surface area contributed by atoms with Gasteiger partial charge < -0.3 is 11.5 Å². The van der Waals surface area contributed by atoms with Gasteiger partial charge in [0.25, 0.3) is 0 Å². The maximum atomic E-state index is 10.9. The summed E-state index contributed by atoms with van der Waals surface area (Å²) in [5.41, 5.74) is 10.5. The second-order valence-corrected chi connectivity index (χ2v) is 2.40. The van der Waals surface area contributed by atoms with Crippen LogP contribution in [0.4, 0.5) is 0 Å². The van der Waals surface area contributed by atoms with Gasteiger partial charge in [-0.2, -0.15) is 0 Å². The van der Waals surface area contributed by atoms with Crippen LogP contribution in [-0.2, 0) is 4.79 Å². The number of hydrogen-bond donors (Lipinski definition) is 2. The van der Waals surface area contributed by atoms with Crippen molar-refractivity contribution in [2.45, 2.75) is 19.9 Å². The molecule has 0 heterocycles. The Morgan fingerprint density at radius 3 is 2.11 bits per heavy atom. The van der Waals surface area contributed by atoms with Crippen LogP contribution in [0.3, 0.4) is 0 Å². The van der Waals surface area contributed by atoms with Crippen molar-refractivity contribution in [3.05, 3.63) is 0 Å². The SMILES string of the molecule is CC(C)C(=O)[C@H](N)CN. The molecular weight excluding hydrogens is 116 g/mol. The fourth-order valence-electron chi connectivity index (χ4n) is 0.544. The average molecular weight is 130 g/mol. The Kier molecular flexibility index (Phi) is 3.42. The van der Waals surface area contributed by atoms with Crippen molar-refractivity contribution in [1.29, 1.82) is 0 Å². The molecule has 0 aromatic carbocycles. The zero-order chi connectivity index (χ0) is 7.44. The van der Waals surface area contributed by atoms with E-state index in [-0.39, 0.29) is 18.2 Å². The van der Waals surface area contributed by atoms with Gasteiger partial charge in [-0.3, -0.25) is 4.79 Å². The summed E-state index contributed by atoms with van der Waals surface area (Å²) in [6, 6.07) is -0.468. The minimum Gasteiger partial charge on any atom is -0.328 e. The van der Waals surface area contributed by atoms with Crippen molar-refractivity contribution in [2.75, 3.05) is 6.54 Å². The molecule has 0 aliphatic heterocycles. The highest BCUT2D eigenvalue weighted by molar-refractivity contribution is 5.85. The zero-order valence-electron chi connectivity index (χ0n) is 5.92. The number of Topliss-reactive ketones (excluding diaryl/α,β-unsaturated/α-hetero) is 1. The lowest BCUT2D eigenvalue weighted by Gasteiger charge is -2.08. The Hall–Kier alpha value is -0.410. The van der Waals surface area contributed by atoms with E-state index in [9.17, 15) is 4.79 Å². The summed E-state index contributed by atoms with van der Waals surface area (Å²) in [6.07, 6.45) is 0. The van der Waals surface area contributed by atoms with E-state index in [4.69, 9.17) is 11.5 Å². The maximum absolute atomic E-state index is 10.9. The number of carbonyl (C=O) groups excluding carboxylic acids is 1. The third-order valence-corrected chi connectivity index (χ3v) is 1.19.